The molecule has 0 aromatic carbocycles. The van der Waals surface area contributed by atoms with Gasteiger partial charge in [-0.15, -0.1) is 5.10 Å². The number of nitrogens with zero attached hydrogens (tertiary/aromatic N) is 5. The Morgan fingerprint density at radius 2 is 2.15 bits per heavy atom. The predicted molar refractivity (Wildman–Crippen MR) is 71.8 cm³/mol. The van der Waals surface area contributed by atoms with Crippen molar-refractivity contribution in [2.75, 3.05) is 6.54 Å². The van der Waals surface area contributed by atoms with Gasteiger partial charge in [0.25, 0.3) is 0 Å². The molecule has 108 valence electrons. The highest BCUT2D eigenvalue weighted by atomic mass is 35.5. The normalized spacial score (nSPS) is 11.0. The maximum atomic E-state index is 11.1. The van der Waals surface area contributed by atoms with E-state index in [1.807, 2.05) is 0 Å². The molecule has 20 heavy (non-hydrogen) atoms. The van der Waals surface area contributed by atoms with Crippen LogP contribution in [0.1, 0.15) is 27.6 Å². The first-order valence-corrected chi connectivity index (χ1v) is 6.37. The molecule has 8 nitrogen and oxygen atoms in total. The molecular weight excluding hydrogens is 284 g/mol. The van der Waals surface area contributed by atoms with Crippen LogP contribution in [0, 0.1) is 6.92 Å². The Labute approximate surface area is 120 Å². The summed E-state index contributed by atoms with van der Waals surface area (Å²) in [6.45, 7) is 2.41. The largest absolute Gasteiger partial charge is 0.476 e. The number of carboxylic acid groups (broad SMARTS) is 1. The van der Waals surface area contributed by atoms with Gasteiger partial charge in [0.15, 0.2) is 5.69 Å². The van der Waals surface area contributed by atoms with Crippen molar-refractivity contribution >= 4 is 17.6 Å². The lowest BCUT2D eigenvalue weighted by molar-refractivity contribution is 0.0689. The average Bonchev–Trinajstić information content (AvgIpc) is 2.87. The third kappa shape index (κ3) is 2.52. The summed E-state index contributed by atoms with van der Waals surface area (Å²) in [4.78, 5) is 11.1. The van der Waals surface area contributed by atoms with Crippen molar-refractivity contribution in [2.45, 2.75) is 19.9 Å². The molecular formula is C11H15ClN6O2. The van der Waals surface area contributed by atoms with Gasteiger partial charge in [0, 0.05) is 13.5 Å². The zero-order valence-electron chi connectivity index (χ0n) is 11.2. The second-order valence-electron chi connectivity index (χ2n) is 4.36. The number of carboxylic acids is 1. The van der Waals surface area contributed by atoms with Crippen LogP contribution in [-0.4, -0.2) is 42.4 Å². The number of aryl methyl sites for hydroxylation is 2. The van der Waals surface area contributed by atoms with E-state index in [2.05, 4.69) is 15.4 Å². The number of carbonyl (C=O) groups is 1. The number of hydrogen-bond donors (Lipinski definition) is 2. The van der Waals surface area contributed by atoms with Crippen molar-refractivity contribution in [3.05, 3.63) is 27.8 Å². The molecule has 0 saturated carbocycles. The molecule has 2 rings (SSSR count). The van der Waals surface area contributed by atoms with Gasteiger partial charge in [-0.25, -0.2) is 9.48 Å². The van der Waals surface area contributed by atoms with E-state index < -0.39 is 5.97 Å². The molecule has 2 aromatic heterocycles. The van der Waals surface area contributed by atoms with Crippen LogP contribution in [0.3, 0.4) is 0 Å². The van der Waals surface area contributed by atoms with Crippen molar-refractivity contribution in [2.24, 2.45) is 12.8 Å². The molecule has 2 aromatic rings. The second-order valence-corrected chi connectivity index (χ2v) is 4.73. The molecule has 0 bridgehead atoms. The minimum absolute atomic E-state index is 0.0783. The highest BCUT2D eigenvalue weighted by molar-refractivity contribution is 6.31. The first-order valence-electron chi connectivity index (χ1n) is 5.99. The Kier molecular flexibility index (Phi) is 4.05. The Morgan fingerprint density at radius 3 is 2.65 bits per heavy atom. The Bertz CT molecular complexity index is 648. The third-order valence-electron chi connectivity index (χ3n) is 2.98. The molecule has 0 saturated heterocycles. The van der Waals surface area contributed by atoms with Crippen LogP contribution in [0.25, 0.3) is 0 Å². The molecule has 0 fully saturated rings. The molecule has 3 N–H and O–H groups in total. The number of aromatic carboxylic acids is 1. The Morgan fingerprint density at radius 1 is 1.45 bits per heavy atom. The molecule has 9 heteroatoms. The maximum absolute atomic E-state index is 11.1. The van der Waals surface area contributed by atoms with Gasteiger partial charge in [-0.1, -0.05) is 16.8 Å². The van der Waals surface area contributed by atoms with Crippen molar-refractivity contribution in [3.63, 3.8) is 0 Å². The Balaban J connectivity index is 2.40. The smallest absolute Gasteiger partial charge is 0.358 e. The fourth-order valence-electron chi connectivity index (χ4n) is 2.00. The van der Waals surface area contributed by atoms with E-state index in [1.54, 1.807) is 18.7 Å². The summed E-state index contributed by atoms with van der Waals surface area (Å²) in [6, 6.07) is 0. The van der Waals surface area contributed by atoms with Gasteiger partial charge >= 0.3 is 5.97 Å². The maximum Gasteiger partial charge on any atom is 0.358 e. The van der Waals surface area contributed by atoms with Gasteiger partial charge in [0.05, 0.1) is 28.6 Å². The monoisotopic (exact) mass is 298 g/mol. The van der Waals surface area contributed by atoms with Crippen molar-refractivity contribution in [3.8, 4) is 0 Å². The van der Waals surface area contributed by atoms with Gasteiger partial charge in [-0.3, -0.25) is 4.68 Å². The first kappa shape index (κ1) is 14.5. The molecule has 0 aliphatic heterocycles. The van der Waals surface area contributed by atoms with E-state index >= 15 is 0 Å². The molecule has 0 unspecified atom stereocenters. The number of aromatic nitrogens is 5. The summed E-state index contributed by atoms with van der Waals surface area (Å²) < 4.78 is 3.14. The molecule has 0 spiro atoms. The van der Waals surface area contributed by atoms with E-state index in [9.17, 15) is 4.79 Å². The van der Waals surface area contributed by atoms with Gasteiger partial charge in [0.1, 0.15) is 0 Å². The standard InChI is InChI=1S/C11H15ClN6O2/c1-6-9(12)8(17(2)15-6)5-18-7(3-4-13)10(11(19)20)14-16-18/h3-5,13H2,1-2H3,(H,19,20). The SMILES string of the molecule is Cc1nn(C)c(Cn2nnc(C(=O)O)c2CCN)c1Cl. The minimum atomic E-state index is -1.12. The van der Waals surface area contributed by atoms with E-state index in [0.717, 1.165) is 5.69 Å². The molecule has 0 atom stereocenters. The lowest BCUT2D eigenvalue weighted by Gasteiger charge is -2.07. The van der Waals surface area contributed by atoms with Crippen LogP contribution < -0.4 is 5.73 Å². The zero-order chi connectivity index (χ0) is 14.9. The number of nitrogens with two attached hydrogens (primary N) is 1. The molecule has 0 radical (unpaired) electrons. The molecule has 0 amide bonds. The van der Waals surface area contributed by atoms with Crippen molar-refractivity contribution in [1.29, 1.82) is 0 Å². The number of halogens is 1. The average molecular weight is 299 g/mol. The lowest BCUT2D eigenvalue weighted by Crippen LogP contribution is -2.15. The minimum Gasteiger partial charge on any atom is -0.476 e. The number of rotatable bonds is 5. The van der Waals surface area contributed by atoms with Crippen molar-refractivity contribution < 1.29 is 9.90 Å². The van der Waals surface area contributed by atoms with Gasteiger partial charge in [0.2, 0.25) is 0 Å². The topological polar surface area (TPSA) is 112 Å². The summed E-state index contributed by atoms with van der Waals surface area (Å²) in [7, 11) is 1.77. The summed E-state index contributed by atoms with van der Waals surface area (Å²) >= 11 is 6.18. The van der Waals surface area contributed by atoms with Gasteiger partial charge in [-0.05, 0) is 13.5 Å². The van der Waals surface area contributed by atoms with E-state index in [0.29, 0.717) is 35.9 Å². The fraction of sp³-hybridized carbons (Fsp3) is 0.455. The second kappa shape index (κ2) is 5.59. The fourth-order valence-corrected chi connectivity index (χ4v) is 2.22. The molecule has 0 aliphatic rings. The van der Waals surface area contributed by atoms with Crippen LogP contribution >= 0.6 is 11.6 Å². The summed E-state index contributed by atoms with van der Waals surface area (Å²) in [5.74, 6) is -1.12. The summed E-state index contributed by atoms with van der Waals surface area (Å²) in [6.07, 6.45) is 0.378. The predicted octanol–water partition coefficient (Wildman–Crippen LogP) is 0.221. The van der Waals surface area contributed by atoms with Crippen LogP contribution in [0.4, 0.5) is 0 Å². The molecule has 2 heterocycles. The zero-order valence-corrected chi connectivity index (χ0v) is 11.9. The highest BCUT2D eigenvalue weighted by Crippen LogP contribution is 2.21. The first-order chi connectivity index (χ1) is 9.45. The molecule has 0 aliphatic carbocycles. The van der Waals surface area contributed by atoms with Gasteiger partial charge in [-0.2, -0.15) is 5.10 Å². The summed E-state index contributed by atoms with van der Waals surface area (Å²) in [5.41, 5.74) is 7.36. The van der Waals surface area contributed by atoms with Crippen LogP contribution in [0.2, 0.25) is 5.02 Å². The number of hydrogen-bond acceptors (Lipinski definition) is 5. The van der Waals surface area contributed by atoms with Crippen LogP contribution in [0.5, 0.6) is 0 Å². The van der Waals surface area contributed by atoms with E-state index in [-0.39, 0.29) is 5.69 Å². The van der Waals surface area contributed by atoms with Crippen LogP contribution in [-0.2, 0) is 20.0 Å². The Hall–Kier alpha value is -1.93. The van der Waals surface area contributed by atoms with E-state index in [1.165, 1.54) is 4.68 Å². The van der Waals surface area contributed by atoms with Crippen molar-refractivity contribution in [1.82, 2.24) is 24.8 Å². The van der Waals surface area contributed by atoms with Crippen LogP contribution in [0.15, 0.2) is 0 Å². The van der Waals surface area contributed by atoms with Gasteiger partial charge < -0.3 is 10.8 Å². The third-order valence-corrected chi connectivity index (χ3v) is 3.47. The quantitative estimate of drug-likeness (QED) is 0.816. The summed E-state index contributed by atoms with van der Waals surface area (Å²) in [5, 5.41) is 21.4. The van der Waals surface area contributed by atoms with E-state index in [4.69, 9.17) is 22.4 Å². The lowest BCUT2D eigenvalue weighted by atomic mass is 10.2. The highest BCUT2D eigenvalue weighted by Gasteiger charge is 2.20.